The van der Waals surface area contributed by atoms with E-state index in [1.165, 1.54) is 24.6 Å². The highest BCUT2D eigenvalue weighted by Crippen LogP contribution is 2.34. The van der Waals surface area contributed by atoms with Crippen molar-refractivity contribution in [1.82, 2.24) is 4.98 Å². The molecule has 1 aromatic rings. The van der Waals surface area contributed by atoms with E-state index in [1.54, 1.807) is 0 Å². The van der Waals surface area contributed by atoms with Gasteiger partial charge in [-0.15, -0.1) is 0 Å². The van der Waals surface area contributed by atoms with Crippen LogP contribution in [0.5, 0.6) is 0 Å². The first-order valence-electron chi connectivity index (χ1n) is 5.65. The number of carbonyl (C=O) groups excluding carboxylic acids is 1. The van der Waals surface area contributed by atoms with Crippen LogP contribution < -0.4 is 4.72 Å². The second kappa shape index (κ2) is 5.76. The number of esters is 1. The Morgan fingerprint density at radius 1 is 1.58 bits per heavy atom. The van der Waals surface area contributed by atoms with E-state index in [4.69, 9.17) is 0 Å². The van der Waals surface area contributed by atoms with Crippen LogP contribution in [0, 0.1) is 5.92 Å². The van der Waals surface area contributed by atoms with Crippen molar-refractivity contribution in [2.75, 3.05) is 11.8 Å². The molecule has 0 radical (unpaired) electrons. The molecule has 0 amide bonds. The van der Waals surface area contributed by atoms with Gasteiger partial charge < -0.3 is 4.74 Å². The van der Waals surface area contributed by atoms with Gasteiger partial charge in [0, 0.05) is 0 Å². The Kier molecular flexibility index (Phi) is 4.46. The minimum atomic E-state index is -3.63. The van der Waals surface area contributed by atoms with Gasteiger partial charge in [0.2, 0.25) is 10.0 Å². The molecule has 0 saturated heterocycles. The topological polar surface area (TPSA) is 85.4 Å². The molecule has 1 aromatic heterocycles. The number of ether oxygens (including phenoxy) is 1. The number of halogens is 1. The first-order valence-corrected chi connectivity index (χ1v) is 8.80. The standard InChI is InChI=1S/C10H13BrN2O4S2/c1-17-9(14)6-3-2-4-7(6)19(15,16)13-10-12-5-8(11)18-10/h5-7H,2-4H2,1H3,(H,12,13). The van der Waals surface area contributed by atoms with Gasteiger partial charge in [0.15, 0.2) is 5.13 Å². The number of anilines is 1. The van der Waals surface area contributed by atoms with Crippen LogP contribution in [-0.4, -0.2) is 31.7 Å². The highest BCUT2D eigenvalue weighted by molar-refractivity contribution is 9.11. The predicted molar refractivity (Wildman–Crippen MR) is 75.5 cm³/mol. The molecule has 1 saturated carbocycles. The molecule has 0 spiro atoms. The molecule has 0 bridgehead atoms. The number of hydrogen-bond acceptors (Lipinski definition) is 6. The van der Waals surface area contributed by atoms with Crippen molar-refractivity contribution in [2.45, 2.75) is 24.5 Å². The molecule has 1 heterocycles. The van der Waals surface area contributed by atoms with Crippen LogP contribution in [0.4, 0.5) is 5.13 Å². The van der Waals surface area contributed by atoms with Gasteiger partial charge in [-0.25, -0.2) is 13.4 Å². The number of aromatic nitrogens is 1. The molecule has 2 atom stereocenters. The maximum atomic E-state index is 12.3. The molecule has 2 unspecified atom stereocenters. The Morgan fingerprint density at radius 3 is 2.89 bits per heavy atom. The van der Waals surface area contributed by atoms with Gasteiger partial charge in [0.05, 0.1) is 28.3 Å². The van der Waals surface area contributed by atoms with Crippen LogP contribution in [0.25, 0.3) is 0 Å². The first kappa shape index (κ1) is 14.7. The van der Waals surface area contributed by atoms with Gasteiger partial charge in [-0.2, -0.15) is 0 Å². The summed E-state index contributed by atoms with van der Waals surface area (Å²) in [6, 6.07) is 0. The van der Waals surface area contributed by atoms with Crippen molar-refractivity contribution < 1.29 is 17.9 Å². The van der Waals surface area contributed by atoms with E-state index in [0.29, 0.717) is 24.4 Å². The summed E-state index contributed by atoms with van der Waals surface area (Å²) >= 11 is 4.40. The van der Waals surface area contributed by atoms with E-state index in [9.17, 15) is 13.2 Å². The largest absolute Gasteiger partial charge is 0.469 e. The Hall–Kier alpha value is -0.670. The zero-order valence-corrected chi connectivity index (χ0v) is 13.3. The summed E-state index contributed by atoms with van der Waals surface area (Å²) in [7, 11) is -2.35. The SMILES string of the molecule is COC(=O)C1CCCC1S(=O)(=O)Nc1ncc(Br)s1. The fourth-order valence-electron chi connectivity index (χ4n) is 2.22. The number of hydrogen-bond donors (Lipinski definition) is 1. The predicted octanol–water partition coefficient (Wildman–Crippen LogP) is 1.99. The van der Waals surface area contributed by atoms with Crippen molar-refractivity contribution in [2.24, 2.45) is 5.92 Å². The van der Waals surface area contributed by atoms with E-state index >= 15 is 0 Å². The van der Waals surface area contributed by atoms with Crippen LogP contribution in [0.15, 0.2) is 9.98 Å². The van der Waals surface area contributed by atoms with Gasteiger partial charge in [-0.1, -0.05) is 17.8 Å². The third-order valence-electron chi connectivity index (χ3n) is 3.06. The van der Waals surface area contributed by atoms with Crippen LogP contribution in [0.2, 0.25) is 0 Å². The summed E-state index contributed by atoms with van der Waals surface area (Å²) in [5.74, 6) is -1.06. The number of sulfonamides is 1. The molecule has 6 nitrogen and oxygen atoms in total. The summed E-state index contributed by atoms with van der Waals surface area (Å²) in [5, 5.41) is -0.454. The van der Waals surface area contributed by atoms with Gasteiger partial charge in [-0.3, -0.25) is 9.52 Å². The molecule has 106 valence electrons. The average Bonchev–Trinajstić information content (AvgIpc) is 2.97. The quantitative estimate of drug-likeness (QED) is 0.821. The zero-order valence-electron chi connectivity index (χ0n) is 10.1. The summed E-state index contributed by atoms with van der Waals surface area (Å²) in [4.78, 5) is 15.5. The number of nitrogens with one attached hydrogen (secondary N) is 1. The minimum Gasteiger partial charge on any atom is -0.469 e. The summed E-state index contributed by atoms with van der Waals surface area (Å²) in [5.41, 5.74) is 0. The monoisotopic (exact) mass is 368 g/mol. The van der Waals surface area contributed by atoms with Crippen LogP contribution in [0.3, 0.4) is 0 Å². The smallest absolute Gasteiger partial charge is 0.310 e. The molecule has 1 N–H and O–H groups in total. The summed E-state index contributed by atoms with van der Waals surface area (Å²) in [6.45, 7) is 0. The van der Waals surface area contributed by atoms with E-state index in [0.717, 1.165) is 3.79 Å². The Morgan fingerprint density at radius 2 is 2.32 bits per heavy atom. The lowest BCUT2D eigenvalue weighted by molar-refractivity contribution is -0.145. The number of methoxy groups -OCH3 is 1. The average molecular weight is 369 g/mol. The Labute approximate surface area is 123 Å². The molecule has 2 rings (SSSR count). The molecule has 1 fully saturated rings. The van der Waals surface area contributed by atoms with E-state index in [2.05, 4.69) is 30.4 Å². The lowest BCUT2D eigenvalue weighted by Gasteiger charge is -2.17. The molecular weight excluding hydrogens is 356 g/mol. The second-order valence-electron chi connectivity index (χ2n) is 4.22. The van der Waals surface area contributed by atoms with E-state index < -0.39 is 27.2 Å². The van der Waals surface area contributed by atoms with Crippen molar-refractivity contribution in [1.29, 1.82) is 0 Å². The van der Waals surface area contributed by atoms with Crippen LogP contribution in [-0.2, 0) is 19.6 Å². The Balaban J connectivity index is 2.17. The fourth-order valence-corrected chi connectivity index (χ4v) is 5.29. The third-order valence-corrected chi connectivity index (χ3v) is 6.42. The maximum absolute atomic E-state index is 12.3. The third kappa shape index (κ3) is 3.26. The summed E-state index contributed by atoms with van der Waals surface area (Å²) in [6.07, 6.45) is 3.23. The molecular formula is C10H13BrN2O4S2. The molecule has 19 heavy (non-hydrogen) atoms. The lowest BCUT2D eigenvalue weighted by Crippen LogP contribution is -2.35. The van der Waals surface area contributed by atoms with Crippen LogP contribution >= 0.6 is 27.3 Å². The number of thiazole rings is 1. The molecule has 1 aliphatic carbocycles. The Bertz CT molecular complexity index is 572. The zero-order chi connectivity index (χ0) is 14.0. The first-order chi connectivity index (χ1) is 8.94. The van der Waals surface area contributed by atoms with Gasteiger partial charge in [0.1, 0.15) is 0 Å². The van der Waals surface area contributed by atoms with Gasteiger partial charge in [0.25, 0.3) is 0 Å². The minimum absolute atomic E-state index is 0.294. The summed E-state index contributed by atoms with van der Waals surface area (Å²) < 4.78 is 32.4. The lowest BCUT2D eigenvalue weighted by atomic mass is 10.1. The second-order valence-corrected chi connectivity index (χ2v) is 8.53. The van der Waals surface area contributed by atoms with Gasteiger partial charge in [-0.05, 0) is 28.8 Å². The highest BCUT2D eigenvalue weighted by Gasteiger charge is 2.42. The van der Waals surface area contributed by atoms with Crippen molar-refractivity contribution in [3.63, 3.8) is 0 Å². The molecule has 1 aliphatic rings. The van der Waals surface area contributed by atoms with Crippen molar-refractivity contribution in [3.05, 3.63) is 9.98 Å². The van der Waals surface area contributed by atoms with E-state index in [1.807, 2.05) is 0 Å². The normalized spacial score (nSPS) is 23.3. The van der Waals surface area contributed by atoms with E-state index in [-0.39, 0.29) is 0 Å². The number of rotatable bonds is 4. The van der Waals surface area contributed by atoms with Crippen molar-refractivity contribution in [3.8, 4) is 0 Å². The van der Waals surface area contributed by atoms with Crippen molar-refractivity contribution >= 4 is 48.4 Å². The number of carbonyl (C=O) groups is 1. The maximum Gasteiger partial charge on any atom is 0.310 e. The van der Waals surface area contributed by atoms with Gasteiger partial charge >= 0.3 is 5.97 Å². The fraction of sp³-hybridized carbons (Fsp3) is 0.600. The molecule has 0 aromatic carbocycles. The molecule has 0 aliphatic heterocycles. The highest BCUT2D eigenvalue weighted by atomic mass is 79.9. The molecule has 9 heteroatoms. The number of nitrogens with zero attached hydrogens (tertiary/aromatic N) is 1. The van der Waals surface area contributed by atoms with Crippen LogP contribution in [0.1, 0.15) is 19.3 Å².